The first-order valence-corrected chi connectivity index (χ1v) is 15.2. The van der Waals surface area contributed by atoms with Crippen LogP contribution in [0.4, 0.5) is 11.4 Å². The van der Waals surface area contributed by atoms with Crippen LogP contribution in [-0.2, 0) is 9.59 Å². The summed E-state index contributed by atoms with van der Waals surface area (Å²) < 4.78 is 0. The molecule has 0 spiro atoms. The molecular formula is C38H46N4O2. The second-order valence-corrected chi connectivity index (χ2v) is 11.3. The second kappa shape index (κ2) is 16.8. The highest BCUT2D eigenvalue weighted by Crippen LogP contribution is 2.28. The predicted molar refractivity (Wildman–Crippen MR) is 185 cm³/mol. The van der Waals surface area contributed by atoms with Gasteiger partial charge in [0.15, 0.2) is 0 Å². The molecule has 2 aliphatic carbocycles. The number of nitrogens with one attached hydrogen (secondary N) is 3. The number of anilines is 2. The fourth-order valence-corrected chi connectivity index (χ4v) is 5.00. The maximum atomic E-state index is 13.7. The topological polar surface area (TPSA) is 83.1 Å². The van der Waals surface area contributed by atoms with Crippen LogP contribution in [0.2, 0.25) is 0 Å². The van der Waals surface area contributed by atoms with Crippen molar-refractivity contribution in [3.63, 3.8) is 0 Å². The van der Waals surface area contributed by atoms with Gasteiger partial charge in [0.25, 0.3) is 5.91 Å². The molecule has 2 amide bonds. The van der Waals surface area contributed by atoms with Gasteiger partial charge in [-0.2, -0.15) is 0 Å². The van der Waals surface area contributed by atoms with E-state index in [1.165, 1.54) is 12.0 Å². The lowest BCUT2D eigenvalue weighted by Gasteiger charge is -2.20. The Balaban J connectivity index is 1.88. The van der Waals surface area contributed by atoms with E-state index >= 15 is 0 Å². The molecule has 6 nitrogen and oxygen atoms in total. The van der Waals surface area contributed by atoms with E-state index in [1.54, 1.807) is 18.3 Å². The van der Waals surface area contributed by atoms with Gasteiger partial charge in [0, 0.05) is 13.0 Å². The van der Waals surface area contributed by atoms with E-state index in [0.29, 0.717) is 48.1 Å². The van der Waals surface area contributed by atoms with E-state index < -0.39 is 0 Å². The number of rotatable bonds is 12. The summed E-state index contributed by atoms with van der Waals surface area (Å²) in [5.41, 5.74) is 8.08. The van der Waals surface area contributed by atoms with Crippen LogP contribution in [0.1, 0.15) is 58.6 Å². The van der Waals surface area contributed by atoms with Crippen molar-refractivity contribution in [2.45, 2.75) is 59.8 Å². The lowest BCUT2D eigenvalue weighted by atomic mass is 9.87. The molecule has 3 rings (SSSR count). The van der Waals surface area contributed by atoms with E-state index in [4.69, 9.17) is 0 Å². The zero-order valence-electron chi connectivity index (χ0n) is 26.6. The van der Waals surface area contributed by atoms with E-state index in [1.807, 2.05) is 63.3 Å². The normalized spacial score (nSPS) is 20.9. The van der Waals surface area contributed by atoms with Crippen molar-refractivity contribution in [1.82, 2.24) is 10.3 Å². The SMILES string of the molecule is C=CCN\C(C(=O)Nc1cc(NC(=O)CC2=CCCC[C@@H]2C)cnc1C)=C1\C=C/C(C(/C=C(/C)C=C)=C/C(=C)C)=C\C=C\C1. The minimum Gasteiger partial charge on any atom is -0.377 e. The Kier molecular flexibility index (Phi) is 12.9. The first kappa shape index (κ1) is 33.8. The third-order valence-corrected chi connectivity index (χ3v) is 7.49. The average molecular weight is 591 g/mol. The molecule has 0 saturated heterocycles. The third-order valence-electron chi connectivity index (χ3n) is 7.49. The van der Waals surface area contributed by atoms with E-state index in [0.717, 1.165) is 40.7 Å². The maximum Gasteiger partial charge on any atom is 0.272 e. The highest BCUT2D eigenvalue weighted by atomic mass is 16.2. The Morgan fingerprint density at radius 3 is 2.64 bits per heavy atom. The van der Waals surface area contributed by atoms with Gasteiger partial charge in [0.2, 0.25) is 5.91 Å². The second-order valence-electron chi connectivity index (χ2n) is 11.3. The molecule has 0 saturated carbocycles. The third kappa shape index (κ3) is 10.2. The van der Waals surface area contributed by atoms with Gasteiger partial charge in [0.05, 0.1) is 23.3 Å². The zero-order chi connectivity index (χ0) is 32.1. The fraction of sp³-hybridized carbons (Fsp3) is 0.289. The molecule has 1 aromatic heterocycles. The predicted octanol–water partition coefficient (Wildman–Crippen LogP) is 8.51. The van der Waals surface area contributed by atoms with Crippen LogP contribution >= 0.6 is 0 Å². The van der Waals surface area contributed by atoms with Gasteiger partial charge in [-0.1, -0.05) is 97.6 Å². The molecule has 6 heteroatoms. The smallest absolute Gasteiger partial charge is 0.272 e. The molecule has 1 heterocycles. The van der Waals surface area contributed by atoms with Crippen molar-refractivity contribution in [3.05, 3.63) is 138 Å². The fourth-order valence-electron chi connectivity index (χ4n) is 5.00. The summed E-state index contributed by atoms with van der Waals surface area (Å²) in [5.74, 6) is 0.0257. The van der Waals surface area contributed by atoms with Crippen LogP contribution in [0.15, 0.2) is 132 Å². The number of aromatic nitrogens is 1. The van der Waals surface area contributed by atoms with Crippen molar-refractivity contribution >= 4 is 23.2 Å². The molecule has 0 unspecified atom stereocenters. The van der Waals surface area contributed by atoms with Crippen LogP contribution in [0.5, 0.6) is 0 Å². The van der Waals surface area contributed by atoms with Gasteiger partial charge in [-0.05, 0) is 75.2 Å². The van der Waals surface area contributed by atoms with E-state index in [-0.39, 0.29) is 11.8 Å². The molecule has 0 aliphatic heterocycles. The van der Waals surface area contributed by atoms with Gasteiger partial charge in [-0.15, -0.1) is 6.58 Å². The minimum atomic E-state index is -0.305. The van der Waals surface area contributed by atoms with Crippen LogP contribution < -0.4 is 16.0 Å². The number of aryl methyl sites for hydroxylation is 1. The van der Waals surface area contributed by atoms with Gasteiger partial charge < -0.3 is 16.0 Å². The van der Waals surface area contributed by atoms with Crippen LogP contribution in [-0.4, -0.2) is 23.3 Å². The van der Waals surface area contributed by atoms with Crippen molar-refractivity contribution < 1.29 is 9.59 Å². The molecule has 0 bridgehead atoms. The highest BCUT2D eigenvalue weighted by molar-refractivity contribution is 6.05. The number of carbonyl (C=O) groups is 2. The number of allylic oxidation sites excluding steroid dienone is 14. The number of hydrogen-bond acceptors (Lipinski definition) is 4. The molecular weight excluding hydrogens is 544 g/mol. The number of amides is 2. The molecule has 44 heavy (non-hydrogen) atoms. The number of pyridine rings is 1. The molecule has 0 aromatic carbocycles. The maximum absolute atomic E-state index is 13.7. The summed E-state index contributed by atoms with van der Waals surface area (Å²) in [6.45, 7) is 20.1. The van der Waals surface area contributed by atoms with Crippen LogP contribution in [0.25, 0.3) is 0 Å². The van der Waals surface area contributed by atoms with Gasteiger partial charge in [0.1, 0.15) is 5.70 Å². The lowest BCUT2D eigenvalue weighted by molar-refractivity contribution is -0.115. The zero-order valence-corrected chi connectivity index (χ0v) is 26.6. The van der Waals surface area contributed by atoms with Crippen molar-refractivity contribution in [1.29, 1.82) is 0 Å². The summed E-state index contributed by atoms with van der Waals surface area (Å²) in [6, 6.07) is 1.75. The average Bonchev–Trinajstić information content (AvgIpc) is 2.96. The van der Waals surface area contributed by atoms with Gasteiger partial charge in [-0.25, -0.2) is 0 Å². The molecule has 1 atom stereocenters. The van der Waals surface area contributed by atoms with E-state index in [2.05, 4.69) is 59.7 Å². The minimum absolute atomic E-state index is 0.0862. The molecule has 230 valence electrons. The molecule has 0 fully saturated rings. The largest absolute Gasteiger partial charge is 0.377 e. The van der Waals surface area contributed by atoms with Crippen molar-refractivity contribution in [2.24, 2.45) is 5.92 Å². The lowest BCUT2D eigenvalue weighted by Crippen LogP contribution is -2.28. The molecule has 2 aliphatic rings. The summed E-state index contributed by atoms with van der Waals surface area (Å²) in [6.07, 6.45) is 25.7. The first-order chi connectivity index (χ1) is 21.1. The highest BCUT2D eigenvalue weighted by Gasteiger charge is 2.18. The van der Waals surface area contributed by atoms with Gasteiger partial charge >= 0.3 is 0 Å². The Bertz CT molecular complexity index is 1510. The van der Waals surface area contributed by atoms with E-state index in [9.17, 15) is 9.59 Å². The molecule has 3 N–H and O–H groups in total. The Morgan fingerprint density at radius 2 is 1.93 bits per heavy atom. The standard InChI is InChI=1S/C38H46N4O2/c1-8-20-39-37(31-16-13-12-15-30(18-19-31)33(21-26(3)4)22-27(5)9-2)38(44)42-35-24-34(25-40-29(35)7)41-36(43)23-32-17-11-10-14-28(32)6/h8-9,12-13,15,17-19,21-22,24-25,28,39H,1-3,10-11,14,16,20,23H2,4-7H3,(H,41,43)(H,42,44)/b13-12+,19-18-,27-22-,30-15+,33-21+,37-31+/t28-/m0/s1. The first-order valence-electron chi connectivity index (χ1n) is 15.2. The monoisotopic (exact) mass is 590 g/mol. The summed E-state index contributed by atoms with van der Waals surface area (Å²) in [7, 11) is 0. The van der Waals surface area contributed by atoms with Crippen LogP contribution in [0.3, 0.4) is 0 Å². The summed E-state index contributed by atoms with van der Waals surface area (Å²) >= 11 is 0. The quantitative estimate of drug-likeness (QED) is 0.129. The van der Waals surface area contributed by atoms with Gasteiger partial charge in [-0.3, -0.25) is 14.6 Å². The molecule has 1 aromatic rings. The number of carbonyl (C=O) groups excluding carboxylic acids is 2. The van der Waals surface area contributed by atoms with Crippen molar-refractivity contribution in [2.75, 3.05) is 17.2 Å². The summed E-state index contributed by atoms with van der Waals surface area (Å²) in [4.78, 5) is 31.0. The number of hydrogen-bond donors (Lipinski definition) is 3. The summed E-state index contributed by atoms with van der Waals surface area (Å²) in [5, 5.41) is 9.20. The van der Waals surface area contributed by atoms with Crippen LogP contribution in [0, 0.1) is 12.8 Å². The Labute approximate surface area is 263 Å². The Hall–Kier alpha value is -4.71. The molecule has 0 radical (unpaired) electrons. The number of nitrogens with zero attached hydrogens (tertiary/aromatic N) is 1. The van der Waals surface area contributed by atoms with Crippen molar-refractivity contribution in [3.8, 4) is 0 Å². The Morgan fingerprint density at radius 1 is 1.14 bits per heavy atom.